The van der Waals surface area contributed by atoms with Crippen molar-refractivity contribution in [3.05, 3.63) is 91.4 Å². The normalized spacial score (nSPS) is 14.1. The average Bonchev–Trinajstić information content (AvgIpc) is 3.51. The molecule has 1 atom stereocenters. The molecule has 0 saturated heterocycles. The fourth-order valence-corrected chi connectivity index (χ4v) is 7.30. The maximum absolute atomic E-state index is 14.2. The number of carbonyl (C=O) groups is 2. The number of hydrogen-bond donors (Lipinski definition) is 1. The number of aryl methyl sites for hydroxylation is 1. The van der Waals surface area contributed by atoms with Crippen molar-refractivity contribution in [2.45, 2.75) is 63.1 Å². The fourth-order valence-electron chi connectivity index (χ4n) is 5.25. The predicted molar refractivity (Wildman–Crippen MR) is 175 cm³/mol. The number of nitrogens with zero attached hydrogens (tertiary/aromatic N) is 3. The van der Waals surface area contributed by atoms with Gasteiger partial charge in [0.15, 0.2) is 0 Å². The molecule has 1 N–H and O–H groups in total. The van der Waals surface area contributed by atoms with Crippen LogP contribution >= 0.6 is 27.5 Å². The summed E-state index contributed by atoms with van der Waals surface area (Å²) in [5.74, 6) is -0.937. The van der Waals surface area contributed by atoms with E-state index in [-0.39, 0.29) is 40.5 Å². The molecule has 0 spiro atoms. The Kier molecular flexibility index (Phi) is 11.1. The number of halogens is 2. The number of amides is 2. The Morgan fingerprint density at radius 1 is 1.13 bits per heavy atom. The maximum Gasteiger partial charge on any atom is 0.273 e. The Morgan fingerprint density at radius 2 is 1.84 bits per heavy atom. The molecule has 2 amide bonds. The van der Waals surface area contributed by atoms with Crippen LogP contribution in [0.5, 0.6) is 5.75 Å². The van der Waals surface area contributed by atoms with Gasteiger partial charge in [0, 0.05) is 33.7 Å². The van der Waals surface area contributed by atoms with Gasteiger partial charge in [0.2, 0.25) is 11.8 Å². The monoisotopic (exact) mass is 720 g/mol. The molecular formula is C31H34BrClN4O7S. The summed E-state index contributed by atoms with van der Waals surface area (Å²) in [5, 5.41) is 14.9. The first-order valence-corrected chi connectivity index (χ1v) is 16.9. The molecule has 11 nitrogen and oxygen atoms in total. The molecule has 3 aromatic rings. The molecule has 240 valence electrons. The van der Waals surface area contributed by atoms with E-state index in [1.54, 1.807) is 19.1 Å². The number of nitro groups is 1. The molecule has 0 aromatic heterocycles. The average molecular weight is 722 g/mol. The number of nitro benzene ring substituents is 1. The second-order valence-electron chi connectivity index (χ2n) is 10.9. The van der Waals surface area contributed by atoms with Crippen LogP contribution in [0.25, 0.3) is 0 Å². The van der Waals surface area contributed by atoms with Gasteiger partial charge in [-0.25, -0.2) is 8.42 Å². The Bertz CT molecular complexity index is 1700. The van der Waals surface area contributed by atoms with Gasteiger partial charge in [-0.05, 0) is 68.7 Å². The summed E-state index contributed by atoms with van der Waals surface area (Å²) in [4.78, 5) is 39.6. The standard InChI is InChI=1S/C31H34BrClN4O7S/c1-20-11-13-26(17-27(20)37(40)41)45(42,43)36(28-16-24(33)12-14-29(28)44-3)19-30(38)35(18-22-7-6-8-23(32)15-22)21(2)31(39)34-25-9-4-5-10-25/h6-8,11-17,21,25H,4-5,9-10,18-19H2,1-3H3,(H,34,39)/t21-/m0/s1. The van der Waals surface area contributed by atoms with Crippen LogP contribution in [0.2, 0.25) is 5.02 Å². The first-order chi connectivity index (χ1) is 21.3. The van der Waals surface area contributed by atoms with Crippen LogP contribution in [-0.2, 0) is 26.2 Å². The molecule has 45 heavy (non-hydrogen) atoms. The number of benzene rings is 3. The molecule has 4 rings (SSSR count). The summed E-state index contributed by atoms with van der Waals surface area (Å²) in [6.45, 7) is 2.35. The lowest BCUT2D eigenvalue weighted by atomic mass is 10.1. The predicted octanol–water partition coefficient (Wildman–Crippen LogP) is 6.00. The van der Waals surface area contributed by atoms with Crippen molar-refractivity contribution in [3.63, 3.8) is 0 Å². The van der Waals surface area contributed by atoms with Crippen LogP contribution in [0.4, 0.5) is 11.4 Å². The zero-order valence-corrected chi connectivity index (χ0v) is 28.2. The molecule has 1 fully saturated rings. The van der Waals surface area contributed by atoms with Crippen molar-refractivity contribution in [3.8, 4) is 5.75 Å². The SMILES string of the molecule is COc1ccc(Cl)cc1N(CC(=O)N(Cc1cccc(Br)c1)[C@@H](C)C(=O)NC1CCCC1)S(=O)(=O)c1ccc(C)c([N+](=O)[O-])c1. The molecule has 1 aliphatic rings. The molecule has 0 radical (unpaired) electrons. The van der Waals surface area contributed by atoms with Gasteiger partial charge < -0.3 is 15.0 Å². The molecule has 0 bridgehead atoms. The quantitative estimate of drug-likeness (QED) is 0.179. The van der Waals surface area contributed by atoms with Crippen molar-refractivity contribution in [2.75, 3.05) is 18.0 Å². The van der Waals surface area contributed by atoms with Crippen LogP contribution in [0, 0.1) is 17.0 Å². The highest BCUT2D eigenvalue weighted by Gasteiger charge is 2.35. The lowest BCUT2D eigenvalue weighted by Gasteiger charge is -2.33. The second kappa shape index (κ2) is 14.6. The molecule has 1 saturated carbocycles. The molecule has 0 aliphatic heterocycles. The minimum Gasteiger partial charge on any atom is -0.495 e. The lowest BCUT2D eigenvalue weighted by Crippen LogP contribution is -2.52. The van der Waals surface area contributed by atoms with Crippen LogP contribution in [0.3, 0.4) is 0 Å². The largest absolute Gasteiger partial charge is 0.495 e. The van der Waals surface area contributed by atoms with E-state index in [1.807, 2.05) is 12.1 Å². The van der Waals surface area contributed by atoms with Gasteiger partial charge in [-0.2, -0.15) is 0 Å². The number of carbonyl (C=O) groups excluding carboxylic acids is 2. The molecule has 0 unspecified atom stereocenters. The Morgan fingerprint density at radius 3 is 2.49 bits per heavy atom. The number of ether oxygens (including phenoxy) is 1. The minimum absolute atomic E-state index is 0.00713. The minimum atomic E-state index is -4.61. The van der Waals surface area contributed by atoms with E-state index < -0.39 is 44.0 Å². The zero-order valence-electron chi connectivity index (χ0n) is 25.0. The first kappa shape index (κ1) is 34.2. The van der Waals surface area contributed by atoms with Crippen molar-refractivity contribution >= 4 is 60.7 Å². The topological polar surface area (TPSA) is 139 Å². The first-order valence-electron chi connectivity index (χ1n) is 14.3. The number of rotatable bonds is 12. The number of methoxy groups -OCH3 is 1. The third kappa shape index (κ3) is 8.13. The van der Waals surface area contributed by atoms with Crippen LogP contribution in [0.1, 0.15) is 43.7 Å². The Hall–Kier alpha value is -3.68. The number of sulfonamides is 1. The highest BCUT2D eigenvalue weighted by molar-refractivity contribution is 9.10. The van der Waals surface area contributed by atoms with Crippen LogP contribution < -0.4 is 14.4 Å². The van der Waals surface area contributed by atoms with E-state index in [2.05, 4.69) is 21.2 Å². The van der Waals surface area contributed by atoms with Crippen LogP contribution in [0.15, 0.2) is 70.0 Å². The molecule has 0 heterocycles. The summed E-state index contributed by atoms with van der Waals surface area (Å²) >= 11 is 9.71. The summed E-state index contributed by atoms with van der Waals surface area (Å²) in [6, 6.07) is 14.1. The van der Waals surface area contributed by atoms with E-state index in [1.165, 1.54) is 49.3 Å². The van der Waals surface area contributed by atoms with Gasteiger partial charge in [0.25, 0.3) is 15.7 Å². The smallest absolute Gasteiger partial charge is 0.273 e. The van der Waals surface area contributed by atoms with E-state index in [4.69, 9.17) is 16.3 Å². The van der Waals surface area contributed by atoms with E-state index >= 15 is 0 Å². The highest BCUT2D eigenvalue weighted by atomic mass is 79.9. The molecule has 14 heteroatoms. The van der Waals surface area contributed by atoms with Crippen molar-refractivity contribution in [2.24, 2.45) is 0 Å². The molecular weight excluding hydrogens is 688 g/mol. The zero-order chi connectivity index (χ0) is 32.9. The molecule has 1 aliphatic carbocycles. The third-order valence-corrected chi connectivity index (χ3v) is 10.2. The van der Waals surface area contributed by atoms with Crippen molar-refractivity contribution in [1.29, 1.82) is 0 Å². The van der Waals surface area contributed by atoms with E-state index in [9.17, 15) is 28.1 Å². The number of nitrogens with one attached hydrogen (secondary N) is 1. The van der Waals surface area contributed by atoms with Crippen molar-refractivity contribution in [1.82, 2.24) is 10.2 Å². The van der Waals surface area contributed by atoms with Gasteiger partial charge in [0.1, 0.15) is 18.3 Å². The van der Waals surface area contributed by atoms with Gasteiger partial charge in [-0.15, -0.1) is 0 Å². The van der Waals surface area contributed by atoms with Crippen molar-refractivity contribution < 1.29 is 27.7 Å². The van der Waals surface area contributed by atoms with Gasteiger partial charge in [-0.3, -0.25) is 24.0 Å². The maximum atomic E-state index is 14.2. The van der Waals surface area contributed by atoms with Crippen LogP contribution in [-0.4, -0.2) is 55.8 Å². The van der Waals surface area contributed by atoms with E-state index in [0.29, 0.717) is 5.56 Å². The second-order valence-corrected chi connectivity index (χ2v) is 14.1. The Balaban J connectivity index is 1.79. The number of anilines is 1. The summed E-state index contributed by atoms with van der Waals surface area (Å²) in [6.07, 6.45) is 3.71. The summed E-state index contributed by atoms with van der Waals surface area (Å²) in [7, 11) is -3.28. The van der Waals surface area contributed by atoms with Gasteiger partial charge >= 0.3 is 0 Å². The molecule has 3 aromatic carbocycles. The lowest BCUT2D eigenvalue weighted by molar-refractivity contribution is -0.385. The fraction of sp³-hybridized carbons (Fsp3) is 0.355. The summed E-state index contributed by atoms with van der Waals surface area (Å²) in [5.41, 5.74) is 0.535. The number of hydrogen-bond acceptors (Lipinski definition) is 7. The van der Waals surface area contributed by atoms with E-state index in [0.717, 1.165) is 40.5 Å². The highest BCUT2D eigenvalue weighted by Crippen LogP contribution is 2.36. The van der Waals surface area contributed by atoms with Gasteiger partial charge in [-0.1, -0.05) is 58.6 Å². The Labute approximate surface area is 275 Å². The van der Waals surface area contributed by atoms with Gasteiger partial charge in [0.05, 0.1) is 22.6 Å². The third-order valence-electron chi connectivity index (χ3n) is 7.76. The summed E-state index contributed by atoms with van der Waals surface area (Å²) < 4.78 is 35.5.